The number of nitrogens with zero attached hydrogens (tertiary/aromatic N) is 7. The van der Waals surface area contributed by atoms with Crippen LogP contribution in [-0.4, -0.2) is 75.4 Å². The van der Waals surface area contributed by atoms with Crippen LogP contribution in [0, 0.1) is 12.7 Å². The maximum absolute atomic E-state index is 16.8. The van der Waals surface area contributed by atoms with Crippen molar-refractivity contribution >= 4 is 40.0 Å². The Morgan fingerprint density at radius 2 is 1.98 bits per heavy atom. The fraction of sp³-hybridized carbons (Fsp3) is 0.414. The minimum atomic E-state index is -4.93. The largest absolute Gasteiger partial charge is 0.489 e. The van der Waals surface area contributed by atoms with Crippen molar-refractivity contribution in [3.63, 3.8) is 0 Å². The summed E-state index contributed by atoms with van der Waals surface area (Å²) in [4.78, 5) is 24.4. The monoisotopic (exact) mass is 665 g/mol. The Labute approximate surface area is 264 Å². The van der Waals surface area contributed by atoms with Crippen LogP contribution in [0.4, 0.5) is 39.4 Å². The van der Waals surface area contributed by atoms with E-state index in [1.54, 1.807) is 23.8 Å². The summed E-state index contributed by atoms with van der Waals surface area (Å²) < 4.78 is 85.8. The molecule has 17 heteroatoms. The van der Waals surface area contributed by atoms with Crippen LogP contribution in [-0.2, 0) is 6.18 Å². The van der Waals surface area contributed by atoms with Gasteiger partial charge in [0.1, 0.15) is 48.7 Å². The molecule has 0 radical (unpaired) electrons. The van der Waals surface area contributed by atoms with Crippen LogP contribution in [0.2, 0.25) is 5.02 Å². The van der Waals surface area contributed by atoms with Gasteiger partial charge in [0, 0.05) is 24.3 Å². The molecule has 1 aromatic carbocycles. The number of likely N-dealkylation sites (N-methyl/N-ethyl adjacent to an activating group) is 1. The first kappa shape index (κ1) is 31.7. The van der Waals surface area contributed by atoms with Crippen LogP contribution in [0.1, 0.15) is 36.1 Å². The van der Waals surface area contributed by atoms with Gasteiger partial charge in [-0.05, 0) is 38.9 Å². The second kappa shape index (κ2) is 11.8. The third kappa shape index (κ3) is 5.53. The summed E-state index contributed by atoms with van der Waals surface area (Å²) in [5.74, 6) is -1.33. The first-order valence-corrected chi connectivity index (χ1v) is 14.6. The first-order valence-electron chi connectivity index (χ1n) is 14.3. The number of halogens is 6. The number of aryl methyl sites for hydroxylation is 1. The Balaban J connectivity index is 1.60. The molecule has 0 saturated carbocycles. The van der Waals surface area contributed by atoms with Crippen LogP contribution < -0.4 is 25.8 Å². The smallest absolute Gasteiger partial charge is 0.418 e. The number of aromatic nitrogens is 5. The summed E-state index contributed by atoms with van der Waals surface area (Å²) in [6.45, 7) is 3.29. The fourth-order valence-electron chi connectivity index (χ4n) is 6.03. The van der Waals surface area contributed by atoms with Gasteiger partial charge < -0.3 is 25.8 Å². The van der Waals surface area contributed by atoms with Crippen molar-refractivity contribution in [1.82, 2.24) is 29.8 Å². The number of anilines is 3. The van der Waals surface area contributed by atoms with E-state index in [1.807, 2.05) is 0 Å². The van der Waals surface area contributed by atoms with E-state index in [0.717, 1.165) is 6.07 Å². The van der Waals surface area contributed by atoms with Crippen molar-refractivity contribution in [3.8, 4) is 23.0 Å². The molecule has 1 fully saturated rings. The lowest BCUT2D eigenvalue weighted by atomic mass is 9.98. The molecule has 1 saturated heterocycles. The Bertz CT molecular complexity index is 1830. The van der Waals surface area contributed by atoms with E-state index in [4.69, 9.17) is 32.5 Å². The van der Waals surface area contributed by atoms with Gasteiger partial charge in [-0.25, -0.2) is 23.7 Å². The molecular formula is C29H29ClF5N9O2. The van der Waals surface area contributed by atoms with Crippen LogP contribution in [0.3, 0.4) is 0 Å². The van der Waals surface area contributed by atoms with Gasteiger partial charge >= 0.3 is 12.2 Å². The minimum Gasteiger partial charge on any atom is -0.489 e. The Morgan fingerprint density at radius 1 is 1.22 bits per heavy atom. The molecule has 5 heterocycles. The zero-order chi connectivity index (χ0) is 33.1. The van der Waals surface area contributed by atoms with E-state index >= 15 is 4.39 Å². The molecule has 0 unspecified atom stereocenters. The van der Waals surface area contributed by atoms with Gasteiger partial charge in [0.25, 0.3) is 0 Å². The highest BCUT2D eigenvalue weighted by atomic mass is 35.5. The number of rotatable bonds is 6. The molecule has 6 rings (SSSR count). The third-order valence-corrected chi connectivity index (χ3v) is 8.64. The first-order chi connectivity index (χ1) is 21.8. The SMILES string of the molecule is Cc1cc(N)nc(-c2c(Cl)c3c4c(nc(OC[C@@H]5C[C@@H](F)CN5C)nc4c2F)N([C@H](C)c2cncnc2N)CCO3)c1C(F)(F)F. The van der Waals surface area contributed by atoms with Gasteiger partial charge in [-0.15, -0.1) is 0 Å². The molecule has 4 N–H and O–H groups in total. The molecular weight excluding hydrogens is 637 g/mol. The molecule has 2 aliphatic heterocycles. The maximum Gasteiger partial charge on any atom is 0.418 e. The predicted octanol–water partition coefficient (Wildman–Crippen LogP) is 5.15. The number of benzene rings is 1. The van der Waals surface area contributed by atoms with Crippen molar-refractivity contribution < 1.29 is 31.4 Å². The molecule has 46 heavy (non-hydrogen) atoms. The summed E-state index contributed by atoms with van der Waals surface area (Å²) in [5.41, 5.74) is 9.08. The number of likely N-dealkylation sites (tertiary alicyclic amines) is 1. The lowest BCUT2D eigenvalue weighted by Crippen LogP contribution is -2.32. The third-order valence-electron chi connectivity index (χ3n) is 8.28. The second-order valence-electron chi connectivity index (χ2n) is 11.3. The van der Waals surface area contributed by atoms with E-state index in [2.05, 4.69) is 24.9 Å². The highest BCUT2D eigenvalue weighted by Gasteiger charge is 2.40. The summed E-state index contributed by atoms with van der Waals surface area (Å²) >= 11 is 6.72. The fourth-order valence-corrected chi connectivity index (χ4v) is 6.35. The molecule has 4 aromatic rings. The van der Waals surface area contributed by atoms with Gasteiger partial charge in [-0.2, -0.15) is 23.1 Å². The number of pyridine rings is 1. The lowest BCUT2D eigenvalue weighted by molar-refractivity contribution is -0.137. The van der Waals surface area contributed by atoms with Crippen molar-refractivity contribution in [1.29, 1.82) is 0 Å². The number of hydrogen-bond donors (Lipinski definition) is 2. The van der Waals surface area contributed by atoms with E-state index in [-0.39, 0.29) is 78.9 Å². The van der Waals surface area contributed by atoms with Gasteiger partial charge in [0.05, 0.1) is 39.8 Å². The Kier molecular flexibility index (Phi) is 8.13. The van der Waals surface area contributed by atoms with Crippen LogP contribution >= 0.6 is 11.6 Å². The number of ether oxygens (including phenoxy) is 2. The minimum absolute atomic E-state index is 0.00522. The van der Waals surface area contributed by atoms with E-state index in [0.29, 0.717) is 5.56 Å². The molecule has 0 bridgehead atoms. The maximum atomic E-state index is 16.8. The molecule has 2 aliphatic rings. The van der Waals surface area contributed by atoms with Crippen molar-refractivity contribution in [2.75, 3.05) is 49.7 Å². The number of nitrogens with two attached hydrogens (primary N) is 2. The normalized spacial score (nSPS) is 19.3. The van der Waals surface area contributed by atoms with Gasteiger partial charge in [-0.1, -0.05) is 11.6 Å². The summed E-state index contributed by atoms with van der Waals surface area (Å²) in [5, 5.41) is -0.473. The van der Waals surface area contributed by atoms with E-state index < -0.39 is 51.6 Å². The van der Waals surface area contributed by atoms with Gasteiger partial charge in [0.15, 0.2) is 11.6 Å². The summed E-state index contributed by atoms with van der Waals surface area (Å²) in [7, 11) is 1.74. The average Bonchev–Trinajstić information content (AvgIpc) is 3.18. The summed E-state index contributed by atoms with van der Waals surface area (Å²) in [6, 6.07) is -0.118. The predicted molar refractivity (Wildman–Crippen MR) is 161 cm³/mol. The molecule has 3 atom stereocenters. The van der Waals surface area contributed by atoms with Gasteiger partial charge in [0.2, 0.25) is 0 Å². The molecule has 0 aliphatic carbocycles. The number of alkyl halides is 4. The zero-order valence-corrected chi connectivity index (χ0v) is 25.6. The van der Waals surface area contributed by atoms with Gasteiger partial charge in [-0.3, -0.25) is 4.90 Å². The second-order valence-corrected chi connectivity index (χ2v) is 11.7. The molecule has 244 valence electrons. The quantitative estimate of drug-likeness (QED) is 0.264. The van der Waals surface area contributed by atoms with E-state index in [1.165, 1.54) is 19.4 Å². The topological polar surface area (TPSA) is 141 Å². The zero-order valence-electron chi connectivity index (χ0n) is 24.9. The highest BCUT2D eigenvalue weighted by Crippen LogP contribution is 2.50. The molecule has 3 aromatic heterocycles. The highest BCUT2D eigenvalue weighted by molar-refractivity contribution is 6.36. The average molecular weight is 666 g/mol. The molecule has 0 spiro atoms. The Morgan fingerprint density at radius 3 is 2.65 bits per heavy atom. The standard InChI is InChI=1S/C29H29ClF5N9O2/c1-12-6-17(36)40-23(20(12)29(33,34)35)18-21(30)25-19-24(22(18)32)41-28(46-10-15-7-14(31)9-43(15)3)42-27(19)44(4-5-45-25)13(2)16-8-38-11-39-26(16)37/h6,8,11,13-15H,4-5,7,9-10H2,1-3H3,(H2,36,40)(H2,37,38,39)/t13-,14-,15+/m1/s1. The summed E-state index contributed by atoms with van der Waals surface area (Å²) in [6.07, 6.45) is -2.95. The number of nitrogen functional groups attached to an aromatic ring is 2. The van der Waals surface area contributed by atoms with Crippen molar-refractivity contribution in [2.45, 2.75) is 44.7 Å². The van der Waals surface area contributed by atoms with Crippen LogP contribution in [0.15, 0.2) is 18.6 Å². The van der Waals surface area contributed by atoms with Crippen molar-refractivity contribution in [2.24, 2.45) is 0 Å². The van der Waals surface area contributed by atoms with Crippen LogP contribution in [0.5, 0.6) is 11.8 Å². The lowest BCUT2D eigenvalue weighted by Gasteiger charge is -2.30. The Hall–Kier alpha value is -4.31. The molecule has 11 nitrogen and oxygen atoms in total. The molecule has 0 amide bonds. The number of hydrogen-bond acceptors (Lipinski definition) is 11. The van der Waals surface area contributed by atoms with Crippen LogP contribution in [0.25, 0.3) is 22.2 Å². The van der Waals surface area contributed by atoms with Crippen molar-refractivity contribution in [3.05, 3.63) is 46.1 Å². The van der Waals surface area contributed by atoms with E-state index in [9.17, 15) is 17.6 Å².